The summed E-state index contributed by atoms with van der Waals surface area (Å²) in [5.74, 6) is 0.484. The molecule has 3 aromatic heterocycles. The maximum Gasteiger partial charge on any atom is 0.434 e. The topological polar surface area (TPSA) is 102 Å². The fraction of sp³-hybridized carbons (Fsp3) is 0.429. The Morgan fingerprint density at radius 2 is 1.91 bits per heavy atom. The zero-order valence-electron chi connectivity index (χ0n) is 17.5. The van der Waals surface area contributed by atoms with Crippen LogP contribution in [0.15, 0.2) is 37.1 Å². The maximum atomic E-state index is 13.6. The van der Waals surface area contributed by atoms with Crippen LogP contribution >= 0.6 is 0 Å². The van der Waals surface area contributed by atoms with E-state index in [2.05, 4.69) is 30.5 Å². The highest BCUT2D eigenvalue weighted by molar-refractivity contribution is 5.96. The third-order valence-electron chi connectivity index (χ3n) is 6.98. The number of aryl methyl sites for hydroxylation is 1. The highest BCUT2D eigenvalue weighted by atomic mass is 19.4. The number of aromatic nitrogens is 6. The molecular formula is C21H19F3N8O. The highest BCUT2D eigenvalue weighted by Crippen LogP contribution is 2.71. The highest BCUT2D eigenvalue weighted by Gasteiger charge is 2.75. The van der Waals surface area contributed by atoms with E-state index in [0.717, 1.165) is 24.6 Å². The Hall–Kier alpha value is -3.57. The molecule has 2 aliphatic carbocycles. The predicted molar refractivity (Wildman–Crippen MR) is 108 cm³/mol. The van der Waals surface area contributed by atoms with Crippen LogP contribution < -0.4 is 5.32 Å². The van der Waals surface area contributed by atoms with Crippen molar-refractivity contribution >= 4 is 11.7 Å². The minimum atomic E-state index is -4.54. The Kier molecular flexibility index (Phi) is 4.08. The number of pyridine rings is 1. The van der Waals surface area contributed by atoms with Gasteiger partial charge in [0.15, 0.2) is 11.4 Å². The lowest BCUT2D eigenvalue weighted by Gasteiger charge is -2.48. The van der Waals surface area contributed by atoms with Crippen molar-refractivity contribution in [1.82, 2.24) is 34.8 Å². The lowest BCUT2D eigenvalue weighted by Crippen LogP contribution is -2.60. The molecule has 12 heteroatoms. The number of nitrogens with one attached hydrogen (secondary N) is 1. The van der Waals surface area contributed by atoms with E-state index < -0.39 is 11.9 Å². The van der Waals surface area contributed by atoms with Gasteiger partial charge in [-0.3, -0.25) is 4.79 Å². The van der Waals surface area contributed by atoms with Crippen LogP contribution in [0.1, 0.15) is 34.6 Å². The first kappa shape index (κ1) is 20.1. The summed E-state index contributed by atoms with van der Waals surface area (Å²) in [5, 5.41) is 11.5. The van der Waals surface area contributed by atoms with Gasteiger partial charge in [-0.05, 0) is 42.7 Å². The summed E-state index contributed by atoms with van der Waals surface area (Å²) in [6.07, 6.45) is 3.86. The van der Waals surface area contributed by atoms with Crippen LogP contribution in [0, 0.1) is 18.3 Å². The van der Waals surface area contributed by atoms with Gasteiger partial charge < -0.3 is 10.2 Å². The van der Waals surface area contributed by atoms with Gasteiger partial charge in [0.05, 0.1) is 30.8 Å². The summed E-state index contributed by atoms with van der Waals surface area (Å²) in [6.45, 7) is 2.51. The van der Waals surface area contributed by atoms with E-state index in [4.69, 9.17) is 0 Å². The number of halogens is 3. The summed E-state index contributed by atoms with van der Waals surface area (Å²) in [7, 11) is 0. The fourth-order valence-corrected chi connectivity index (χ4v) is 5.44. The van der Waals surface area contributed by atoms with Gasteiger partial charge >= 0.3 is 6.18 Å². The number of alkyl halides is 3. The number of amides is 1. The molecule has 3 aliphatic rings. The zero-order valence-corrected chi connectivity index (χ0v) is 17.5. The minimum Gasteiger partial charge on any atom is -0.364 e. The number of carbonyl (C=O) groups excluding carboxylic acids is 1. The van der Waals surface area contributed by atoms with Crippen LogP contribution in [-0.2, 0) is 6.18 Å². The van der Waals surface area contributed by atoms with Crippen molar-refractivity contribution in [3.63, 3.8) is 0 Å². The SMILES string of the molecule is Cc1cnc(C(=O)N2CC3CC34CC(Nc3cnc(C(F)(F)F)cn3)C24)c(-n2nccn2)c1. The van der Waals surface area contributed by atoms with Gasteiger partial charge in [0.25, 0.3) is 5.91 Å². The van der Waals surface area contributed by atoms with Gasteiger partial charge in [-0.25, -0.2) is 15.0 Å². The largest absolute Gasteiger partial charge is 0.434 e. The normalized spacial score (nSPS) is 27.5. The second-order valence-electron chi connectivity index (χ2n) is 8.98. The zero-order chi connectivity index (χ0) is 23.0. The molecule has 4 unspecified atom stereocenters. The molecule has 3 fully saturated rings. The molecule has 1 amide bonds. The number of rotatable bonds is 4. The van der Waals surface area contributed by atoms with Crippen molar-refractivity contribution in [2.24, 2.45) is 11.3 Å². The molecule has 9 nitrogen and oxygen atoms in total. The molecule has 0 aromatic carbocycles. The molecule has 0 bridgehead atoms. The molecule has 4 atom stereocenters. The van der Waals surface area contributed by atoms with E-state index >= 15 is 0 Å². The molecule has 1 aliphatic heterocycles. The van der Waals surface area contributed by atoms with Crippen LogP contribution in [0.3, 0.4) is 0 Å². The monoisotopic (exact) mass is 456 g/mol. The summed E-state index contributed by atoms with van der Waals surface area (Å²) >= 11 is 0. The summed E-state index contributed by atoms with van der Waals surface area (Å²) in [4.78, 5) is 28.5. The Balaban J connectivity index is 1.25. The molecule has 3 aromatic rings. The number of carbonyl (C=O) groups is 1. The number of hydrogen-bond acceptors (Lipinski definition) is 7. The molecule has 33 heavy (non-hydrogen) atoms. The van der Waals surface area contributed by atoms with Crippen LogP contribution in [-0.4, -0.2) is 59.4 Å². The van der Waals surface area contributed by atoms with Crippen LogP contribution in [0.2, 0.25) is 0 Å². The molecule has 4 heterocycles. The van der Waals surface area contributed by atoms with E-state index in [-0.39, 0.29) is 34.9 Å². The molecule has 1 saturated heterocycles. The van der Waals surface area contributed by atoms with Crippen molar-refractivity contribution in [1.29, 1.82) is 0 Å². The summed E-state index contributed by atoms with van der Waals surface area (Å²) in [6, 6.07) is 1.62. The van der Waals surface area contributed by atoms with Crippen LogP contribution in [0.4, 0.5) is 19.0 Å². The minimum absolute atomic E-state index is 0.0709. The summed E-state index contributed by atoms with van der Waals surface area (Å²) < 4.78 is 38.3. The second-order valence-corrected chi connectivity index (χ2v) is 8.98. The number of nitrogens with zero attached hydrogens (tertiary/aromatic N) is 7. The van der Waals surface area contributed by atoms with Gasteiger partial charge in [0.2, 0.25) is 0 Å². The molecule has 2 saturated carbocycles. The smallest absolute Gasteiger partial charge is 0.364 e. The maximum absolute atomic E-state index is 13.6. The summed E-state index contributed by atoms with van der Waals surface area (Å²) in [5.41, 5.74) is 0.693. The lowest BCUT2D eigenvalue weighted by molar-refractivity contribution is -0.141. The van der Waals surface area contributed by atoms with E-state index in [1.165, 1.54) is 17.2 Å². The number of piperidine rings is 1. The predicted octanol–water partition coefficient (Wildman–Crippen LogP) is 2.49. The van der Waals surface area contributed by atoms with Gasteiger partial charge in [0, 0.05) is 18.8 Å². The third-order valence-corrected chi connectivity index (χ3v) is 6.98. The first-order valence-corrected chi connectivity index (χ1v) is 10.6. The Labute approximate surface area is 186 Å². The number of hydrogen-bond donors (Lipinski definition) is 1. The molecule has 0 radical (unpaired) electrons. The quantitative estimate of drug-likeness (QED) is 0.644. The van der Waals surface area contributed by atoms with Crippen molar-refractivity contribution in [2.75, 3.05) is 11.9 Å². The standard InChI is InChI=1S/C21H19F3N8O/c1-11-4-14(32-28-2-3-29-32)17(27-7-11)19(33)31-10-12-5-20(12)6-13(18(20)31)30-16-9-25-15(8-26-16)21(22,23)24/h2-4,7-9,12-13,18H,5-6,10H2,1H3,(H,26,30). The van der Waals surface area contributed by atoms with Crippen LogP contribution in [0.25, 0.3) is 5.69 Å². The molecular weight excluding hydrogens is 437 g/mol. The van der Waals surface area contributed by atoms with Gasteiger partial charge in [0.1, 0.15) is 11.5 Å². The van der Waals surface area contributed by atoms with E-state index in [1.807, 2.05) is 17.9 Å². The molecule has 1 spiro atoms. The fourth-order valence-electron chi connectivity index (χ4n) is 5.44. The molecule has 170 valence electrons. The van der Waals surface area contributed by atoms with Crippen molar-refractivity contribution < 1.29 is 18.0 Å². The van der Waals surface area contributed by atoms with Gasteiger partial charge in [-0.2, -0.15) is 23.4 Å². The number of anilines is 1. The lowest BCUT2D eigenvalue weighted by atomic mass is 9.71. The Morgan fingerprint density at radius 3 is 2.61 bits per heavy atom. The Morgan fingerprint density at radius 1 is 1.12 bits per heavy atom. The van der Waals surface area contributed by atoms with Crippen molar-refractivity contribution in [2.45, 2.75) is 38.0 Å². The Bertz CT molecular complexity index is 1230. The molecule has 6 rings (SSSR count). The third kappa shape index (κ3) is 3.07. The first-order valence-electron chi connectivity index (χ1n) is 10.6. The van der Waals surface area contributed by atoms with Crippen LogP contribution in [0.5, 0.6) is 0 Å². The van der Waals surface area contributed by atoms with E-state index in [0.29, 0.717) is 24.3 Å². The van der Waals surface area contributed by atoms with Gasteiger partial charge in [-0.1, -0.05) is 0 Å². The second kappa shape index (κ2) is 6.72. The number of likely N-dealkylation sites (tertiary alicyclic amines) is 1. The van der Waals surface area contributed by atoms with Crippen molar-refractivity contribution in [3.8, 4) is 5.69 Å². The van der Waals surface area contributed by atoms with Crippen molar-refractivity contribution in [3.05, 3.63) is 54.0 Å². The van der Waals surface area contributed by atoms with Gasteiger partial charge in [-0.15, -0.1) is 4.80 Å². The van der Waals surface area contributed by atoms with E-state index in [1.54, 1.807) is 6.20 Å². The first-order chi connectivity index (χ1) is 15.8. The average molecular weight is 456 g/mol. The molecule has 1 N–H and O–H groups in total. The van der Waals surface area contributed by atoms with E-state index in [9.17, 15) is 18.0 Å². The average Bonchev–Trinajstić information content (AvgIpc) is 3.14.